The highest BCUT2D eigenvalue weighted by Gasteiger charge is 2.26. The highest BCUT2D eigenvalue weighted by molar-refractivity contribution is 5.43. The van der Waals surface area contributed by atoms with E-state index in [-0.39, 0.29) is 0 Å². The van der Waals surface area contributed by atoms with Gasteiger partial charge in [0.15, 0.2) is 0 Å². The molecule has 3 rings (SSSR count). The Hall–Kier alpha value is -1.40. The Morgan fingerprint density at radius 1 is 1.17 bits per heavy atom. The van der Waals surface area contributed by atoms with Crippen LogP contribution in [0.15, 0.2) is 6.07 Å². The van der Waals surface area contributed by atoms with Crippen LogP contribution in [0.25, 0.3) is 0 Å². The molecule has 128 valence electrons. The zero-order valence-electron chi connectivity index (χ0n) is 14.4. The first-order valence-electron chi connectivity index (χ1n) is 8.92. The van der Waals surface area contributed by atoms with Gasteiger partial charge in [0, 0.05) is 50.5 Å². The van der Waals surface area contributed by atoms with Crippen molar-refractivity contribution in [3.8, 4) is 0 Å². The van der Waals surface area contributed by atoms with Gasteiger partial charge in [-0.2, -0.15) is 4.98 Å². The van der Waals surface area contributed by atoms with Crippen molar-refractivity contribution in [3.63, 3.8) is 0 Å². The Morgan fingerprint density at radius 3 is 2.61 bits per heavy atom. The number of rotatable bonds is 5. The third-order valence-electron chi connectivity index (χ3n) is 4.71. The predicted molar refractivity (Wildman–Crippen MR) is 93.2 cm³/mol. The topological polar surface area (TPSA) is 53.5 Å². The molecule has 0 bridgehead atoms. The second kappa shape index (κ2) is 7.93. The molecular weight excluding hydrogens is 290 g/mol. The van der Waals surface area contributed by atoms with E-state index in [0.717, 1.165) is 69.8 Å². The lowest BCUT2D eigenvalue weighted by atomic mass is 10.0. The number of hydrogen-bond donors (Lipinski definition) is 1. The van der Waals surface area contributed by atoms with E-state index in [0.29, 0.717) is 6.04 Å². The largest absolute Gasteiger partial charge is 0.379 e. The summed E-state index contributed by atoms with van der Waals surface area (Å²) < 4.78 is 5.46. The molecule has 0 aliphatic carbocycles. The molecule has 0 radical (unpaired) electrons. The molecule has 2 fully saturated rings. The van der Waals surface area contributed by atoms with Gasteiger partial charge in [-0.1, -0.05) is 6.92 Å². The molecule has 0 unspecified atom stereocenters. The molecule has 1 aromatic heterocycles. The average Bonchev–Trinajstić information content (AvgIpc) is 2.60. The number of nitrogens with one attached hydrogen (secondary N) is 1. The summed E-state index contributed by atoms with van der Waals surface area (Å²) in [5.74, 6) is 1.83. The van der Waals surface area contributed by atoms with Crippen molar-refractivity contribution in [2.45, 2.75) is 39.2 Å². The van der Waals surface area contributed by atoms with Gasteiger partial charge in [-0.05, 0) is 26.2 Å². The van der Waals surface area contributed by atoms with Crippen LogP contribution in [-0.4, -0.2) is 66.8 Å². The Morgan fingerprint density at radius 2 is 1.91 bits per heavy atom. The van der Waals surface area contributed by atoms with E-state index in [1.807, 2.05) is 13.0 Å². The third-order valence-corrected chi connectivity index (χ3v) is 4.71. The minimum absolute atomic E-state index is 0.692. The van der Waals surface area contributed by atoms with Crippen LogP contribution < -0.4 is 10.2 Å². The second-order valence-corrected chi connectivity index (χ2v) is 6.49. The first kappa shape index (κ1) is 16.5. The summed E-state index contributed by atoms with van der Waals surface area (Å²) >= 11 is 0. The molecule has 1 aromatic rings. The molecule has 3 heterocycles. The summed E-state index contributed by atoms with van der Waals surface area (Å²) in [6.45, 7) is 11.2. The molecular formula is C17H29N5O. The first-order chi connectivity index (χ1) is 11.3. The maximum Gasteiger partial charge on any atom is 0.227 e. The fraction of sp³-hybridized carbons (Fsp3) is 0.765. The number of nitrogens with zero attached hydrogens (tertiary/aromatic N) is 4. The van der Waals surface area contributed by atoms with Crippen molar-refractivity contribution in [1.29, 1.82) is 0 Å². The average molecular weight is 319 g/mol. The molecule has 0 aromatic carbocycles. The molecule has 0 saturated carbocycles. The van der Waals surface area contributed by atoms with E-state index in [1.165, 1.54) is 12.8 Å². The van der Waals surface area contributed by atoms with Gasteiger partial charge in [-0.3, -0.25) is 4.90 Å². The minimum Gasteiger partial charge on any atom is -0.379 e. The lowest BCUT2D eigenvalue weighted by Crippen LogP contribution is -2.49. The SMILES string of the molecule is CCCNc1cc(C)nc(N2CCC(N3CCOCC3)CC2)n1. The third kappa shape index (κ3) is 4.32. The predicted octanol–water partition coefficient (Wildman–Crippen LogP) is 1.91. The fourth-order valence-corrected chi connectivity index (χ4v) is 3.41. The van der Waals surface area contributed by atoms with E-state index in [2.05, 4.69) is 27.0 Å². The van der Waals surface area contributed by atoms with Crippen LogP contribution in [-0.2, 0) is 4.74 Å². The normalized spacial score (nSPS) is 20.7. The highest BCUT2D eigenvalue weighted by Crippen LogP contribution is 2.22. The van der Waals surface area contributed by atoms with Crippen molar-refractivity contribution in [1.82, 2.24) is 14.9 Å². The zero-order valence-corrected chi connectivity index (χ0v) is 14.4. The highest BCUT2D eigenvalue weighted by atomic mass is 16.5. The lowest BCUT2D eigenvalue weighted by Gasteiger charge is -2.40. The summed E-state index contributed by atoms with van der Waals surface area (Å²) in [4.78, 5) is 14.3. The second-order valence-electron chi connectivity index (χ2n) is 6.49. The number of aromatic nitrogens is 2. The summed E-state index contributed by atoms with van der Waals surface area (Å²) in [7, 11) is 0. The van der Waals surface area contributed by atoms with Crippen molar-refractivity contribution < 1.29 is 4.74 Å². The molecule has 1 N–H and O–H groups in total. The molecule has 6 nitrogen and oxygen atoms in total. The van der Waals surface area contributed by atoms with Crippen molar-refractivity contribution in [3.05, 3.63) is 11.8 Å². The molecule has 0 amide bonds. The van der Waals surface area contributed by atoms with Gasteiger partial charge in [0.05, 0.1) is 13.2 Å². The van der Waals surface area contributed by atoms with E-state index < -0.39 is 0 Å². The van der Waals surface area contributed by atoms with E-state index in [1.54, 1.807) is 0 Å². The number of piperidine rings is 1. The van der Waals surface area contributed by atoms with Gasteiger partial charge in [0.1, 0.15) is 5.82 Å². The van der Waals surface area contributed by atoms with Crippen LogP contribution in [0.2, 0.25) is 0 Å². The van der Waals surface area contributed by atoms with Gasteiger partial charge in [0.25, 0.3) is 0 Å². The molecule has 2 aliphatic heterocycles. The molecule has 0 spiro atoms. The van der Waals surface area contributed by atoms with Crippen LogP contribution >= 0.6 is 0 Å². The van der Waals surface area contributed by atoms with Gasteiger partial charge < -0.3 is 15.0 Å². The van der Waals surface area contributed by atoms with Gasteiger partial charge >= 0.3 is 0 Å². The number of hydrogen-bond acceptors (Lipinski definition) is 6. The summed E-state index contributed by atoms with van der Waals surface area (Å²) in [6.07, 6.45) is 3.48. The summed E-state index contributed by atoms with van der Waals surface area (Å²) in [5, 5.41) is 3.38. The smallest absolute Gasteiger partial charge is 0.227 e. The standard InChI is InChI=1S/C17H29N5O/c1-3-6-18-16-13-14(2)19-17(20-16)22-7-4-15(5-8-22)21-9-11-23-12-10-21/h13,15H,3-12H2,1-2H3,(H,18,19,20). The molecule has 6 heteroatoms. The Labute approximate surface area is 139 Å². The number of morpholine rings is 1. The van der Waals surface area contributed by atoms with Crippen LogP contribution in [0.5, 0.6) is 0 Å². The summed E-state index contributed by atoms with van der Waals surface area (Å²) in [6, 6.07) is 2.72. The van der Waals surface area contributed by atoms with Crippen LogP contribution in [0.1, 0.15) is 31.9 Å². The van der Waals surface area contributed by atoms with Crippen LogP contribution in [0.4, 0.5) is 11.8 Å². The summed E-state index contributed by atoms with van der Waals surface area (Å²) in [5.41, 5.74) is 1.03. The van der Waals surface area contributed by atoms with E-state index >= 15 is 0 Å². The van der Waals surface area contributed by atoms with Crippen LogP contribution in [0, 0.1) is 6.92 Å². The molecule has 0 atom stereocenters. The minimum atomic E-state index is 0.692. The van der Waals surface area contributed by atoms with E-state index in [9.17, 15) is 0 Å². The van der Waals surface area contributed by atoms with Crippen molar-refractivity contribution >= 4 is 11.8 Å². The maximum absolute atomic E-state index is 5.46. The quantitative estimate of drug-likeness (QED) is 0.895. The molecule has 23 heavy (non-hydrogen) atoms. The number of aryl methyl sites for hydroxylation is 1. The first-order valence-corrected chi connectivity index (χ1v) is 8.92. The lowest BCUT2D eigenvalue weighted by molar-refractivity contribution is 0.0114. The Kier molecular flexibility index (Phi) is 5.67. The fourth-order valence-electron chi connectivity index (χ4n) is 3.41. The van der Waals surface area contributed by atoms with Gasteiger partial charge in [0.2, 0.25) is 5.95 Å². The van der Waals surface area contributed by atoms with Crippen LogP contribution in [0.3, 0.4) is 0 Å². The number of anilines is 2. The molecule has 2 aliphatic rings. The van der Waals surface area contributed by atoms with E-state index in [4.69, 9.17) is 9.72 Å². The zero-order chi connectivity index (χ0) is 16.1. The monoisotopic (exact) mass is 319 g/mol. The van der Waals surface area contributed by atoms with Crippen molar-refractivity contribution in [2.24, 2.45) is 0 Å². The Balaban J connectivity index is 1.59. The maximum atomic E-state index is 5.46. The van der Waals surface area contributed by atoms with Gasteiger partial charge in [-0.25, -0.2) is 4.98 Å². The number of ether oxygens (including phenoxy) is 1. The van der Waals surface area contributed by atoms with Crippen molar-refractivity contribution in [2.75, 3.05) is 56.2 Å². The Bertz CT molecular complexity index is 496. The van der Waals surface area contributed by atoms with Gasteiger partial charge in [-0.15, -0.1) is 0 Å². The molecule has 2 saturated heterocycles.